The molecule has 8 heteroatoms. The van der Waals surface area contributed by atoms with E-state index in [4.69, 9.17) is 5.11 Å². The summed E-state index contributed by atoms with van der Waals surface area (Å²) >= 11 is 2.48. The number of thiophene rings is 2. The molecule has 3 heterocycles. The quantitative estimate of drug-likeness (QED) is 0.926. The van der Waals surface area contributed by atoms with E-state index in [2.05, 4.69) is 0 Å². The van der Waals surface area contributed by atoms with Crippen molar-refractivity contribution in [2.24, 2.45) is 0 Å². The first kappa shape index (κ1) is 14.7. The molecule has 1 N–H and O–H groups in total. The summed E-state index contributed by atoms with van der Waals surface area (Å²) < 4.78 is 26.9. The summed E-state index contributed by atoms with van der Waals surface area (Å²) in [5.41, 5.74) is 1.01. The second kappa shape index (κ2) is 5.53. The average molecular weight is 343 g/mol. The molecule has 3 rings (SSSR count). The fraction of sp³-hybridized carbons (Fsp3) is 0.308. The third-order valence-electron chi connectivity index (χ3n) is 3.52. The Hall–Kier alpha value is -1.22. The normalized spacial score (nSPS) is 19.9. The van der Waals surface area contributed by atoms with E-state index >= 15 is 0 Å². The molecule has 0 saturated carbocycles. The fourth-order valence-electron chi connectivity index (χ4n) is 2.53. The van der Waals surface area contributed by atoms with Crippen LogP contribution >= 0.6 is 22.7 Å². The molecular weight excluding hydrogens is 330 g/mol. The van der Waals surface area contributed by atoms with Crippen LogP contribution in [0, 0.1) is 0 Å². The van der Waals surface area contributed by atoms with E-state index in [0.29, 0.717) is 6.54 Å². The van der Waals surface area contributed by atoms with Crippen LogP contribution in [0.4, 0.5) is 0 Å². The highest BCUT2D eigenvalue weighted by atomic mass is 32.2. The van der Waals surface area contributed by atoms with E-state index in [1.807, 2.05) is 16.8 Å². The van der Waals surface area contributed by atoms with Crippen molar-refractivity contribution in [2.45, 2.75) is 23.8 Å². The van der Waals surface area contributed by atoms with E-state index in [1.165, 1.54) is 15.8 Å². The number of carboxylic acids is 1. The molecule has 0 aliphatic carbocycles. The first-order chi connectivity index (χ1) is 10.00. The number of rotatable bonds is 4. The maximum Gasteiger partial charge on any atom is 0.345 e. The number of carboxylic acid groups (broad SMARTS) is 1. The molecule has 0 aromatic carbocycles. The smallest absolute Gasteiger partial charge is 0.345 e. The summed E-state index contributed by atoms with van der Waals surface area (Å²) in [5.74, 6) is -1.10. The van der Waals surface area contributed by atoms with Gasteiger partial charge in [0.05, 0.1) is 10.9 Å². The van der Waals surface area contributed by atoms with Gasteiger partial charge in [-0.3, -0.25) is 0 Å². The second-order valence-corrected chi connectivity index (χ2v) is 8.36. The van der Waals surface area contributed by atoms with Crippen molar-refractivity contribution in [2.75, 3.05) is 6.54 Å². The zero-order chi connectivity index (χ0) is 15.0. The van der Waals surface area contributed by atoms with Gasteiger partial charge in [0, 0.05) is 11.9 Å². The van der Waals surface area contributed by atoms with Crippen molar-refractivity contribution in [1.29, 1.82) is 0 Å². The minimum atomic E-state index is -3.64. The predicted octanol–water partition coefficient (Wildman–Crippen LogP) is 3.03. The fourth-order valence-corrected chi connectivity index (χ4v) is 6.02. The molecule has 0 amide bonds. The lowest BCUT2D eigenvalue weighted by atomic mass is 10.1. The molecule has 1 atom stereocenters. The predicted molar refractivity (Wildman–Crippen MR) is 81.5 cm³/mol. The number of carbonyl (C=O) groups is 1. The van der Waals surface area contributed by atoms with Gasteiger partial charge >= 0.3 is 5.97 Å². The maximum absolute atomic E-state index is 12.7. The third kappa shape index (κ3) is 2.64. The van der Waals surface area contributed by atoms with Gasteiger partial charge in [0.15, 0.2) is 0 Å². The van der Waals surface area contributed by atoms with Crippen LogP contribution in [0.25, 0.3) is 0 Å². The molecule has 0 bridgehead atoms. The van der Waals surface area contributed by atoms with Gasteiger partial charge in [-0.05, 0) is 41.3 Å². The monoisotopic (exact) mass is 343 g/mol. The van der Waals surface area contributed by atoms with Gasteiger partial charge in [-0.1, -0.05) is 0 Å². The van der Waals surface area contributed by atoms with Crippen LogP contribution < -0.4 is 0 Å². The van der Waals surface area contributed by atoms with Crippen molar-refractivity contribution in [3.05, 3.63) is 38.7 Å². The Morgan fingerprint density at radius 2 is 2.19 bits per heavy atom. The number of nitrogens with zero attached hydrogens (tertiary/aromatic N) is 1. The van der Waals surface area contributed by atoms with Crippen molar-refractivity contribution in [3.8, 4) is 0 Å². The van der Waals surface area contributed by atoms with E-state index in [0.717, 1.165) is 29.7 Å². The summed E-state index contributed by atoms with van der Waals surface area (Å²) in [6.07, 6.45) is 1.61. The van der Waals surface area contributed by atoms with E-state index in [-0.39, 0.29) is 15.8 Å². The molecule has 1 aliphatic heterocycles. The Labute approximate surface area is 130 Å². The third-order valence-corrected chi connectivity index (χ3v) is 7.18. The van der Waals surface area contributed by atoms with Crippen LogP contribution in [0.5, 0.6) is 0 Å². The first-order valence-electron chi connectivity index (χ1n) is 6.36. The molecule has 0 radical (unpaired) electrons. The van der Waals surface area contributed by atoms with Crippen molar-refractivity contribution < 1.29 is 18.3 Å². The van der Waals surface area contributed by atoms with Crippen LogP contribution in [0.1, 0.15) is 34.1 Å². The molecule has 112 valence electrons. The van der Waals surface area contributed by atoms with Crippen LogP contribution in [0.2, 0.25) is 0 Å². The largest absolute Gasteiger partial charge is 0.477 e. The van der Waals surface area contributed by atoms with Crippen molar-refractivity contribution >= 4 is 38.7 Å². The topological polar surface area (TPSA) is 74.7 Å². The summed E-state index contributed by atoms with van der Waals surface area (Å²) in [6, 6.07) is 3.04. The highest BCUT2D eigenvalue weighted by Crippen LogP contribution is 2.38. The van der Waals surface area contributed by atoms with Crippen LogP contribution in [0.3, 0.4) is 0 Å². The number of hydrogen-bond acceptors (Lipinski definition) is 5. The van der Waals surface area contributed by atoms with Crippen LogP contribution in [-0.2, 0) is 10.0 Å². The lowest BCUT2D eigenvalue weighted by molar-refractivity contribution is 0.0702. The van der Waals surface area contributed by atoms with E-state index in [9.17, 15) is 13.2 Å². The van der Waals surface area contributed by atoms with Gasteiger partial charge in [-0.2, -0.15) is 15.6 Å². The van der Waals surface area contributed by atoms with Crippen molar-refractivity contribution in [3.63, 3.8) is 0 Å². The Balaban J connectivity index is 1.95. The van der Waals surface area contributed by atoms with E-state index < -0.39 is 16.0 Å². The summed E-state index contributed by atoms with van der Waals surface area (Å²) in [6.45, 7) is 0.473. The molecule has 1 aliphatic rings. The Kier molecular flexibility index (Phi) is 3.87. The maximum atomic E-state index is 12.7. The molecule has 21 heavy (non-hydrogen) atoms. The average Bonchev–Trinajstić information content (AvgIpc) is 3.19. The number of aromatic carboxylic acids is 1. The standard InChI is InChI=1S/C13H13NO4S3/c15-13(16)12-6-10(8-20-12)21(17,18)14-4-1-2-11(14)9-3-5-19-7-9/h3,5-8,11H,1-2,4H2,(H,15,16). The van der Waals surface area contributed by atoms with Gasteiger partial charge in [-0.15, -0.1) is 11.3 Å². The number of hydrogen-bond donors (Lipinski definition) is 1. The zero-order valence-electron chi connectivity index (χ0n) is 10.9. The highest BCUT2D eigenvalue weighted by molar-refractivity contribution is 7.89. The van der Waals surface area contributed by atoms with Gasteiger partial charge in [0.25, 0.3) is 0 Å². The second-order valence-electron chi connectivity index (χ2n) is 4.78. The van der Waals surface area contributed by atoms with Gasteiger partial charge in [0.1, 0.15) is 4.88 Å². The minimum absolute atomic E-state index is 0.0415. The summed E-state index contributed by atoms with van der Waals surface area (Å²) in [7, 11) is -3.64. The Morgan fingerprint density at radius 3 is 2.81 bits per heavy atom. The zero-order valence-corrected chi connectivity index (χ0v) is 13.4. The van der Waals surface area contributed by atoms with Crippen molar-refractivity contribution in [1.82, 2.24) is 4.31 Å². The van der Waals surface area contributed by atoms with Gasteiger partial charge < -0.3 is 5.11 Å². The minimum Gasteiger partial charge on any atom is -0.477 e. The van der Waals surface area contributed by atoms with Gasteiger partial charge in [0.2, 0.25) is 10.0 Å². The lowest BCUT2D eigenvalue weighted by Crippen LogP contribution is -2.30. The van der Waals surface area contributed by atoms with Crippen LogP contribution in [0.15, 0.2) is 33.2 Å². The summed E-state index contributed by atoms with van der Waals surface area (Å²) in [4.78, 5) is 11.0. The molecule has 1 unspecified atom stereocenters. The Bertz CT molecular complexity index is 748. The SMILES string of the molecule is O=C(O)c1cc(S(=O)(=O)N2CCCC2c2ccsc2)cs1. The van der Waals surface area contributed by atoms with Crippen LogP contribution in [-0.4, -0.2) is 30.3 Å². The Morgan fingerprint density at radius 1 is 1.38 bits per heavy atom. The molecule has 2 aromatic heterocycles. The molecule has 1 saturated heterocycles. The first-order valence-corrected chi connectivity index (χ1v) is 9.62. The van der Waals surface area contributed by atoms with Gasteiger partial charge in [-0.25, -0.2) is 13.2 Å². The lowest BCUT2D eigenvalue weighted by Gasteiger charge is -2.22. The highest BCUT2D eigenvalue weighted by Gasteiger charge is 2.37. The number of sulfonamides is 1. The van der Waals surface area contributed by atoms with E-state index in [1.54, 1.807) is 11.3 Å². The summed E-state index contributed by atoms with van der Waals surface area (Å²) in [5, 5.41) is 14.2. The molecule has 0 spiro atoms. The molecule has 1 fully saturated rings. The molecular formula is C13H13NO4S3. The molecule has 2 aromatic rings. The molecule has 5 nitrogen and oxygen atoms in total.